The predicted molar refractivity (Wildman–Crippen MR) is 82.0 cm³/mol. The Morgan fingerprint density at radius 2 is 2.00 bits per heavy atom. The van der Waals surface area contributed by atoms with Gasteiger partial charge < -0.3 is 19.6 Å². The fourth-order valence-electron chi connectivity index (χ4n) is 1.83. The van der Waals surface area contributed by atoms with Crippen LogP contribution < -0.4 is 5.32 Å². The van der Waals surface area contributed by atoms with Crippen molar-refractivity contribution in [3.8, 4) is 0 Å². The summed E-state index contributed by atoms with van der Waals surface area (Å²) in [7, 11) is -2.69. The minimum Gasteiger partial charge on any atom is -0.395 e. The fourth-order valence-corrected chi connectivity index (χ4v) is 2.40. The van der Waals surface area contributed by atoms with Gasteiger partial charge in [0.2, 0.25) is 0 Å². The van der Waals surface area contributed by atoms with Crippen molar-refractivity contribution in [1.29, 1.82) is 0 Å². The van der Waals surface area contributed by atoms with E-state index in [1.807, 2.05) is 0 Å². The van der Waals surface area contributed by atoms with Gasteiger partial charge in [-0.25, -0.2) is 5.06 Å². The summed E-state index contributed by atoms with van der Waals surface area (Å²) < 4.78 is 11.6. The van der Waals surface area contributed by atoms with Crippen molar-refractivity contribution in [2.75, 3.05) is 33.1 Å². The highest BCUT2D eigenvalue weighted by molar-refractivity contribution is 7.62. The van der Waals surface area contributed by atoms with Crippen LogP contribution in [0.4, 0.5) is 0 Å². The molecule has 0 aliphatic heterocycles. The van der Waals surface area contributed by atoms with Gasteiger partial charge in [-0.3, -0.25) is 15.3 Å². The Kier molecular flexibility index (Phi) is 8.43. The third-order valence-corrected chi connectivity index (χ3v) is 5.52. The van der Waals surface area contributed by atoms with Crippen molar-refractivity contribution >= 4 is 19.3 Å². The Labute approximate surface area is 130 Å². The molecule has 3 unspecified atom stereocenters. The number of carbonyl (C=O) groups is 2. The first-order valence-electron chi connectivity index (χ1n) is 7.08. The van der Waals surface area contributed by atoms with Crippen LogP contribution in [0, 0.1) is 11.3 Å². The summed E-state index contributed by atoms with van der Waals surface area (Å²) in [4.78, 5) is 23.5. The standard InChI is InChI=1S/C13H27N2O6P/c1-5-10(2)13(7-16,8-17)12(19)15(20)9-14-6-11(18)22(3,4)21/h7,10-11,14,17-18,20H,5-6,8-9H2,1-4H3. The molecule has 0 aromatic carbocycles. The van der Waals surface area contributed by atoms with E-state index in [4.69, 9.17) is 0 Å². The summed E-state index contributed by atoms with van der Waals surface area (Å²) in [6, 6.07) is 0. The average molecular weight is 338 g/mol. The number of nitrogens with one attached hydrogen (secondary N) is 1. The molecule has 0 fully saturated rings. The van der Waals surface area contributed by atoms with Crippen molar-refractivity contribution in [3.05, 3.63) is 0 Å². The molecule has 0 bridgehead atoms. The number of aliphatic hydroxyl groups excluding tert-OH is 2. The maximum absolute atomic E-state index is 12.2. The SMILES string of the molecule is CCC(C)C(C=O)(CO)C(=O)N(O)CNCC(O)P(C)(C)=O. The first-order valence-corrected chi connectivity index (χ1v) is 9.75. The normalized spacial score (nSPS) is 17.4. The molecule has 9 heteroatoms. The largest absolute Gasteiger partial charge is 0.395 e. The highest BCUT2D eigenvalue weighted by Crippen LogP contribution is 2.40. The minimum absolute atomic E-state index is 0.0782. The number of carbonyl (C=O) groups excluding carboxylic acids is 2. The van der Waals surface area contributed by atoms with Crippen LogP contribution >= 0.6 is 7.14 Å². The van der Waals surface area contributed by atoms with Crippen molar-refractivity contribution in [3.63, 3.8) is 0 Å². The Hall–Kier alpha value is -0.790. The first-order chi connectivity index (χ1) is 10.1. The van der Waals surface area contributed by atoms with E-state index in [0.29, 0.717) is 17.8 Å². The van der Waals surface area contributed by atoms with E-state index >= 15 is 0 Å². The molecule has 1 amide bonds. The lowest BCUT2D eigenvalue weighted by Crippen LogP contribution is -2.52. The third kappa shape index (κ3) is 5.14. The number of hydroxylamine groups is 2. The Morgan fingerprint density at radius 3 is 2.36 bits per heavy atom. The van der Waals surface area contributed by atoms with E-state index in [2.05, 4.69) is 5.32 Å². The van der Waals surface area contributed by atoms with Gasteiger partial charge in [0.1, 0.15) is 24.7 Å². The van der Waals surface area contributed by atoms with Crippen molar-refractivity contribution in [2.24, 2.45) is 11.3 Å². The number of aldehydes is 1. The zero-order valence-corrected chi connectivity index (χ0v) is 14.4. The van der Waals surface area contributed by atoms with Gasteiger partial charge in [0.15, 0.2) is 0 Å². The Balaban J connectivity index is 4.77. The molecule has 0 heterocycles. The van der Waals surface area contributed by atoms with Crippen molar-refractivity contribution in [2.45, 2.75) is 26.1 Å². The van der Waals surface area contributed by atoms with E-state index in [0.717, 1.165) is 0 Å². The predicted octanol–water partition coefficient (Wildman–Crippen LogP) is -0.0839. The fraction of sp³-hybridized carbons (Fsp3) is 0.846. The highest BCUT2D eigenvalue weighted by atomic mass is 31.2. The summed E-state index contributed by atoms with van der Waals surface area (Å²) in [6.45, 7) is 5.11. The van der Waals surface area contributed by atoms with E-state index < -0.39 is 36.8 Å². The van der Waals surface area contributed by atoms with Crippen LogP contribution in [0.25, 0.3) is 0 Å². The number of nitrogens with zero attached hydrogens (tertiary/aromatic N) is 1. The number of rotatable bonds is 10. The molecule has 0 radical (unpaired) electrons. The minimum atomic E-state index is -2.69. The topological polar surface area (TPSA) is 127 Å². The van der Waals surface area contributed by atoms with Crippen molar-refractivity contribution in [1.82, 2.24) is 10.4 Å². The molecule has 0 aromatic rings. The van der Waals surface area contributed by atoms with Crippen molar-refractivity contribution < 1.29 is 29.6 Å². The van der Waals surface area contributed by atoms with Crippen LogP contribution in [-0.2, 0) is 14.2 Å². The average Bonchev–Trinajstić information content (AvgIpc) is 2.47. The van der Waals surface area contributed by atoms with Gasteiger partial charge in [-0.2, -0.15) is 0 Å². The van der Waals surface area contributed by atoms with Gasteiger partial charge in [-0.15, -0.1) is 0 Å². The van der Waals surface area contributed by atoms with E-state index in [1.165, 1.54) is 13.3 Å². The van der Waals surface area contributed by atoms with Crippen LogP contribution in [0.15, 0.2) is 0 Å². The van der Waals surface area contributed by atoms with Gasteiger partial charge in [0, 0.05) is 6.54 Å². The van der Waals surface area contributed by atoms with E-state index in [-0.39, 0.29) is 13.2 Å². The molecule has 0 saturated carbocycles. The molecule has 4 N–H and O–H groups in total. The first kappa shape index (κ1) is 21.2. The lowest BCUT2D eigenvalue weighted by atomic mass is 9.76. The molecule has 0 saturated heterocycles. The summed E-state index contributed by atoms with van der Waals surface area (Å²) in [5, 5.41) is 31.7. The van der Waals surface area contributed by atoms with Crippen LogP contribution in [0.1, 0.15) is 20.3 Å². The van der Waals surface area contributed by atoms with Gasteiger partial charge >= 0.3 is 0 Å². The number of hydrogen-bond acceptors (Lipinski definition) is 7. The molecule has 0 aromatic heterocycles. The van der Waals surface area contributed by atoms with Gasteiger partial charge in [0.05, 0.1) is 13.3 Å². The maximum Gasteiger partial charge on any atom is 0.263 e. The molecule has 0 aliphatic carbocycles. The summed E-state index contributed by atoms with van der Waals surface area (Å²) >= 11 is 0. The second-order valence-electron chi connectivity index (χ2n) is 5.86. The van der Waals surface area contributed by atoms with Crippen LogP contribution in [0.5, 0.6) is 0 Å². The molecule has 0 rings (SSSR count). The molecule has 130 valence electrons. The van der Waals surface area contributed by atoms with E-state index in [1.54, 1.807) is 13.8 Å². The zero-order valence-electron chi connectivity index (χ0n) is 13.5. The summed E-state index contributed by atoms with van der Waals surface area (Å²) in [6.07, 6.45) is 0.827. The quantitative estimate of drug-likeness (QED) is 0.109. The number of aliphatic hydroxyl groups is 2. The molecular formula is C13H27N2O6P. The van der Waals surface area contributed by atoms with Gasteiger partial charge in [0.25, 0.3) is 5.91 Å². The maximum atomic E-state index is 12.2. The van der Waals surface area contributed by atoms with Crippen LogP contribution in [0.2, 0.25) is 0 Å². The molecular weight excluding hydrogens is 311 g/mol. The summed E-state index contributed by atoms with van der Waals surface area (Å²) in [5.74, 6) is -2.47. The van der Waals surface area contributed by atoms with Gasteiger partial charge in [-0.05, 0) is 19.2 Å². The third-order valence-electron chi connectivity index (χ3n) is 3.90. The number of hydrogen-bond donors (Lipinski definition) is 4. The zero-order chi connectivity index (χ0) is 17.6. The van der Waals surface area contributed by atoms with Crippen LogP contribution in [-0.4, -0.2) is 71.7 Å². The monoisotopic (exact) mass is 338 g/mol. The molecule has 8 nitrogen and oxygen atoms in total. The molecule has 3 atom stereocenters. The second kappa shape index (κ2) is 8.74. The van der Waals surface area contributed by atoms with Gasteiger partial charge in [-0.1, -0.05) is 20.3 Å². The highest BCUT2D eigenvalue weighted by Gasteiger charge is 2.45. The molecule has 0 spiro atoms. The van der Waals surface area contributed by atoms with E-state index in [9.17, 15) is 29.6 Å². The smallest absolute Gasteiger partial charge is 0.263 e. The molecule has 22 heavy (non-hydrogen) atoms. The summed E-state index contributed by atoms with van der Waals surface area (Å²) in [5.41, 5.74) is -1.70. The Morgan fingerprint density at radius 1 is 1.45 bits per heavy atom. The number of amides is 1. The lowest BCUT2D eigenvalue weighted by molar-refractivity contribution is -0.184. The second-order valence-corrected chi connectivity index (χ2v) is 9.32. The Bertz CT molecular complexity index is 427. The lowest BCUT2D eigenvalue weighted by Gasteiger charge is -2.33. The molecule has 0 aliphatic rings. The van der Waals surface area contributed by atoms with Crippen LogP contribution in [0.3, 0.4) is 0 Å².